The van der Waals surface area contributed by atoms with Crippen LogP contribution in [0.1, 0.15) is 53.1 Å². The molecule has 6 heteroatoms. The molecule has 0 N–H and O–H groups in total. The molecule has 1 aliphatic heterocycles. The number of rotatable bonds is 5. The van der Waals surface area contributed by atoms with Gasteiger partial charge in [0.05, 0.1) is 18.4 Å². The first-order chi connectivity index (χ1) is 12.6. The predicted octanol–water partition coefficient (Wildman–Crippen LogP) is 3.90. The summed E-state index contributed by atoms with van der Waals surface area (Å²) < 4.78 is 16.5. The van der Waals surface area contributed by atoms with Gasteiger partial charge in [-0.15, -0.1) is 0 Å². The van der Waals surface area contributed by atoms with E-state index in [4.69, 9.17) is 14.0 Å². The third-order valence-corrected chi connectivity index (χ3v) is 4.86. The molecule has 3 rings (SSSR count). The van der Waals surface area contributed by atoms with Gasteiger partial charge in [-0.25, -0.2) is 0 Å². The average Bonchev–Trinajstić information content (AvgIpc) is 2.85. The molecule has 6 nitrogen and oxygen atoms in total. The molecule has 0 unspecified atom stereocenters. The molecular formula is C20H26N2O4. The number of likely N-dealkylation sites (tertiary alicyclic amines) is 1. The second kappa shape index (κ2) is 8.25. The van der Waals surface area contributed by atoms with E-state index >= 15 is 0 Å². The number of benzene rings is 1. The van der Waals surface area contributed by atoms with Crippen molar-refractivity contribution in [2.24, 2.45) is 0 Å². The van der Waals surface area contributed by atoms with E-state index in [1.807, 2.05) is 18.7 Å². The highest BCUT2D eigenvalue weighted by Gasteiger charge is 2.19. The second-order valence-corrected chi connectivity index (χ2v) is 6.66. The zero-order valence-corrected chi connectivity index (χ0v) is 15.7. The molecule has 2 aromatic rings. The summed E-state index contributed by atoms with van der Waals surface area (Å²) in [4.78, 5) is 14.7. The van der Waals surface area contributed by atoms with Crippen LogP contribution >= 0.6 is 0 Å². The van der Waals surface area contributed by atoms with Gasteiger partial charge in [-0.3, -0.25) is 4.79 Å². The largest absolute Gasteiger partial charge is 0.493 e. The van der Waals surface area contributed by atoms with Crippen molar-refractivity contribution in [3.8, 4) is 11.5 Å². The van der Waals surface area contributed by atoms with Crippen LogP contribution in [0, 0.1) is 13.8 Å². The molecular weight excluding hydrogens is 332 g/mol. The van der Waals surface area contributed by atoms with Gasteiger partial charge in [0.15, 0.2) is 11.5 Å². The van der Waals surface area contributed by atoms with Gasteiger partial charge in [0, 0.05) is 18.7 Å². The van der Waals surface area contributed by atoms with Crippen molar-refractivity contribution in [3.05, 3.63) is 40.8 Å². The van der Waals surface area contributed by atoms with Crippen LogP contribution in [-0.2, 0) is 6.61 Å². The number of carbonyl (C=O) groups is 1. The lowest BCUT2D eigenvalue weighted by atomic mass is 10.1. The number of carbonyl (C=O) groups excluding carboxylic acids is 1. The number of aromatic nitrogens is 1. The molecule has 0 saturated carbocycles. The van der Waals surface area contributed by atoms with Crippen LogP contribution in [0.25, 0.3) is 0 Å². The lowest BCUT2D eigenvalue weighted by Crippen LogP contribution is -2.31. The number of methoxy groups -OCH3 is 1. The minimum atomic E-state index is 0.0578. The molecule has 0 aliphatic carbocycles. The molecule has 0 radical (unpaired) electrons. The highest BCUT2D eigenvalue weighted by Crippen LogP contribution is 2.30. The van der Waals surface area contributed by atoms with Gasteiger partial charge in [0.25, 0.3) is 5.91 Å². The molecule has 140 valence electrons. The van der Waals surface area contributed by atoms with Gasteiger partial charge in [-0.1, -0.05) is 18.0 Å². The number of hydrogen-bond donors (Lipinski definition) is 0. The summed E-state index contributed by atoms with van der Waals surface area (Å²) in [6, 6.07) is 5.36. The van der Waals surface area contributed by atoms with Crippen LogP contribution in [0.15, 0.2) is 22.7 Å². The van der Waals surface area contributed by atoms with Gasteiger partial charge in [0.1, 0.15) is 12.4 Å². The topological polar surface area (TPSA) is 64.8 Å². The second-order valence-electron chi connectivity index (χ2n) is 6.66. The summed E-state index contributed by atoms with van der Waals surface area (Å²) in [7, 11) is 1.58. The Morgan fingerprint density at radius 1 is 1.15 bits per heavy atom. The van der Waals surface area contributed by atoms with E-state index in [0.29, 0.717) is 23.7 Å². The van der Waals surface area contributed by atoms with E-state index in [2.05, 4.69) is 5.16 Å². The Morgan fingerprint density at radius 3 is 2.50 bits per heavy atom. The Balaban J connectivity index is 1.73. The van der Waals surface area contributed by atoms with Crippen LogP contribution < -0.4 is 9.47 Å². The molecule has 1 aromatic heterocycles. The Bertz CT molecular complexity index is 742. The fraction of sp³-hybridized carbons (Fsp3) is 0.500. The van der Waals surface area contributed by atoms with Crippen LogP contribution in [-0.4, -0.2) is 36.2 Å². The maximum Gasteiger partial charge on any atom is 0.253 e. The van der Waals surface area contributed by atoms with Crippen molar-refractivity contribution in [1.29, 1.82) is 0 Å². The van der Waals surface area contributed by atoms with Crippen LogP contribution in [0.3, 0.4) is 0 Å². The van der Waals surface area contributed by atoms with Crippen molar-refractivity contribution in [2.45, 2.75) is 46.1 Å². The lowest BCUT2D eigenvalue weighted by Gasteiger charge is -2.21. The average molecular weight is 358 g/mol. The number of aryl methyl sites for hydroxylation is 2. The standard InChI is InChI=1S/C20H26N2O4/c1-14-17(15(2)26-21-14)13-25-18-9-8-16(12-19(18)24-3)20(23)22-10-6-4-5-7-11-22/h8-9,12H,4-7,10-11,13H2,1-3H3. The molecule has 26 heavy (non-hydrogen) atoms. The normalized spacial score (nSPS) is 14.8. The van der Waals surface area contributed by atoms with E-state index in [1.165, 1.54) is 12.8 Å². The highest BCUT2D eigenvalue weighted by molar-refractivity contribution is 5.95. The molecule has 1 saturated heterocycles. The van der Waals surface area contributed by atoms with Crippen molar-refractivity contribution in [2.75, 3.05) is 20.2 Å². The number of ether oxygens (including phenoxy) is 2. The number of hydrogen-bond acceptors (Lipinski definition) is 5. The van der Waals surface area contributed by atoms with E-state index in [0.717, 1.165) is 42.9 Å². The first kappa shape index (κ1) is 18.3. The van der Waals surface area contributed by atoms with Gasteiger partial charge in [-0.05, 0) is 44.9 Å². The zero-order valence-electron chi connectivity index (χ0n) is 15.7. The Kier molecular flexibility index (Phi) is 5.81. The summed E-state index contributed by atoms with van der Waals surface area (Å²) in [5.41, 5.74) is 2.37. The third kappa shape index (κ3) is 4.00. The molecule has 0 bridgehead atoms. The number of nitrogens with zero attached hydrogens (tertiary/aromatic N) is 2. The molecule has 1 fully saturated rings. The minimum absolute atomic E-state index is 0.0578. The SMILES string of the molecule is COc1cc(C(=O)N2CCCCCC2)ccc1OCc1c(C)noc1C. The van der Waals surface area contributed by atoms with E-state index in [1.54, 1.807) is 25.3 Å². The maximum atomic E-state index is 12.8. The van der Waals surface area contributed by atoms with Crippen molar-refractivity contribution >= 4 is 5.91 Å². The number of amides is 1. The van der Waals surface area contributed by atoms with Gasteiger partial charge in [0.2, 0.25) is 0 Å². The Labute approximate surface area is 154 Å². The molecule has 1 aromatic carbocycles. The monoisotopic (exact) mass is 358 g/mol. The lowest BCUT2D eigenvalue weighted by molar-refractivity contribution is 0.0761. The van der Waals surface area contributed by atoms with Crippen molar-refractivity contribution < 1.29 is 18.8 Å². The minimum Gasteiger partial charge on any atom is -0.493 e. The highest BCUT2D eigenvalue weighted by atomic mass is 16.5. The molecule has 0 spiro atoms. The van der Waals surface area contributed by atoms with Gasteiger partial charge in [-0.2, -0.15) is 0 Å². The van der Waals surface area contributed by atoms with E-state index in [9.17, 15) is 4.79 Å². The zero-order chi connectivity index (χ0) is 18.5. The van der Waals surface area contributed by atoms with Crippen molar-refractivity contribution in [3.63, 3.8) is 0 Å². The van der Waals surface area contributed by atoms with Crippen LogP contribution in [0.2, 0.25) is 0 Å². The third-order valence-electron chi connectivity index (χ3n) is 4.86. The summed E-state index contributed by atoms with van der Waals surface area (Å²) in [6.45, 7) is 5.74. The quantitative estimate of drug-likeness (QED) is 0.811. The fourth-order valence-electron chi connectivity index (χ4n) is 3.23. The van der Waals surface area contributed by atoms with E-state index < -0.39 is 0 Å². The van der Waals surface area contributed by atoms with Crippen LogP contribution in [0.5, 0.6) is 11.5 Å². The first-order valence-corrected chi connectivity index (χ1v) is 9.12. The summed E-state index contributed by atoms with van der Waals surface area (Å²) in [6.07, 6.45) is 4.53. The summed E-state index contributed by atoms with van der Waals surface area (Å²) >= 11 is 0. The molecule has 1 aliphatic rings. The summed E-state index contributed by atoms with van der Waals surface area (Å²) in [5, 5.41) is 3.93. The van der Waals surface area contributed by atoms with Crippen LogP contribution in [0.4, 0.5) is 0 Å². The molecule has 1 amide bonds. The smallest absolute Gasteiger partial charge is 0.253 e. The molecule has 0 atom stereocenters. The first-order valence-electron chi connectivity index (χ1n) is 9.12. The Hall–Kier alpha value is -2.50. The van der Waals surface area contributed by atoms with E-state index in [-0.39, 0.29) is 5.91 Å². The Morgan fingerprint density at radius 2 is 1.88 bits per heavy atom. The van der Waals surface area contributed by atoms with Gasteiger partial charge >= 0.3 is 0 Å². The maximum absolute atomic E-state index is 12.8. The molecule has 2 heterocycles. The predicted molar refractivity (Wildman–Crippen MR) is 97.7 cm³/mol. The van der Waals surface area contributed by atoms with Crippen molar-refractivity contribution in [1.82, 2.24) is 10.1 Å². The van der Waals surface area contributed by atoms with Gasteiger partial charge < -0.3 is 18.9 Å². The summed E-state index contributed by atoms with van der Waals surface area (Å²) in [5.74, 6) is 1.95. The fourth-order valence-corrected chi connectivity index (χ4v) is 3.23.